The lowest BCUT2D eigenvalue weighted by Crippen LogP contribution is -1.99. The molecule has 0 amide bonds. The van der Waals surface area contributed by atoms with Crippen molar-refractivity contribution in [1.82, 2.24) is 4.98 Å². The van der Waals surface area contributed by atoms with Gasteiger partial charge in [0.1, 0.15) is 10.8 Å². The summed E-state index contributed by atoms with van der Waals surface area (Å²) < 4.78 is 16.6. The lowest BCUT2D eigenvalue weighted by atomic mass is 10.1. The highest BCUT2D eigenvalue weighted by Gasteiger charge is 2.22. The van der Waals surface area contributed by atoms with Gasteiger partial charge in [0.2, 0.25) is 0 Å². The van der Waals surface area contributed by atoms with Crippen molar-refractivity contribution in [2.45, 2.75) is 12.1 Å². The maximum atomic E-state index is 11.3. The second kappa shape index (κ2) is 4.73. The van der Waals surface area contributed by atoms with Crippen LogP contribution in [0.5, 0.6) is 0 Å². The Morgan fingerprint density at radius 3 is 2.44 bits per heavy atom. The van der Waals surface area contributed by atoms with Crippen LogP contribution in [0, 0.1) is 6.92 Å². The number of hydrogen-bond donors (Lipinski definition) is 1. The summed E-state index contributed by atoms with van der Waals surface area (Å²) in [4.78, 5) is 14.8. The molecule has 0 aliphatic rings. The fraction of sp³-hybridized carbons (Fsp3) is 0.167. The maximum absolute atomic E-state index is 11.3. The molecule has 0 fully saturated rings. The SMILES string of the molecule is Cc1ccc(-c2oc(S(C)=O)nc2C(=O)O)cc1. The largest absolute Gasteiger partial charge is 0.476 e. The highest BCUT2D eigenvalue weighted by Crippen LogP contribution is 2.26. The number of aromatic nitrogens is 1. The monoisotopic (exact) mass is 265 g/mol. The van der Waals surface area contributed by atoms with Crippen molar-refractivity contribution in [3.8, 4) is 11.3 Å². The molecule has 1 aromatic heterocycles. The van der Waals surface area contributed by atoms with Gasteiger partial charge in [-0.2, -0.15) is 4.98 Å². The lowest BCUT2D eigenvalue weighted by Gasteiger charge is -1.98. The van der Waals surface area contributed by atoms with Gasteiger partial charge in [-0.3, -0.25) is 0 Å². The molecule has 0 aliphatic heterocycles. The van der Waals surface area contributed by atoms with E-state index in [4.69, 9.17) is 9.52 Å². The Hall–Kier alpha value is -1.95. The van der Waals surface area contributed by atoms with Crippen LogP contribution in [0.15, 0.2) is 33.9 Å². The van der Waals surface area contributed by atoms with Crippen LogP contribution in [0.2, 0.25) is 0 Å². The van der Waals surface area contributed by atoms with E-state index < -0.39 is 16.8 Å². The van der Waals surface area contributed by atoms with E-state index in [1.54, 1.807) is 12.1 Å². The zero-order valence-corrected chi connectivity index (χ0v) is 10.7. The Balaban J connectivity index is 2.58. The van der Waals surface area contributed by atoms with Gasteiger partial charge in [0, 0.05) is 11.8 Å². The van der Waals surface area contributed by atoms with Gasteiger partial charge in [-0.25, -0.2) is 9.00 Å². The first kappa shape index (κ1) is 12.5. The fourth-order valence-electron chi connectivity index (χ4n) is 1.47. The van der Waals surface area contributed by atoms with E-state index in [9.17, 15) is 9.00 Å². The predicted octanol–water partition coefficient (Wildman–Crippen LogP) is 2.09. The summed E-state index contributed by atoms with van der Waals surface area (Å²) in [5.41, 5.74) is 1.43. The van der Waals surface area contributed by atoms with Crippen LogP contribution in [-0.2, 0) is 10.8 Å². The van der Waals surface area contributed by atoms with Crippen molar-refractivity contribution in [2.24, 2.45) is 0 Å². The number of oxazole rings is 1. The van der Waals surface area contributed by atoms with Crippen LogP contribution in [0.3, 0.4) is 0 Å². The number of nitrogens with zero attached hydrogens (tertiary/aromatic N) is 1. The van der Waals surface area contributed by atoms with Gasteiger partial charge in [-0.15, -0.1) is 0 Å². The van der Waals surface area contributed by atoms with Gasteiger partial charge in [0.05, 0.1) is 0 Å². The van der Waals surface area contributed by atoms with Gasteiger partial charge in [0.15, 0.2) is 11.5 Å². The third-order valence-electron chi connectivity index (χ3n) is 2.37. The lowest BCUT2D eigenvalue weighted by molar-refractivity contribution is 0.0691. The quantitative estimate of drug-likeness (QED) is 0.919. The Kier molecular flexibility index (Phi) is 3.29. The van der Waals surface area contributed by atoms with E-state index in [2.05, 4.69) is 4.98 Å². The molecule has 94 valence electrons. The summed E-state index contributed by atoms with van der Waals surface area (Å²) in [5, 5.41) is 8.97. The van der Waals surface area contributed by atoms with Gasteiger partial charge >= 0.3 is 5.97 Å². The first-order chi connectivity index (χ1) is 8.49. The van der Waals surface area contributed by atoms with Gasteiger partial charge in [-0.1, -0.05) is 29.8 Å². The summed E-state index contributed by atoms with van der Waals surface area (Å²) in [5.74, 6) is -1.07. The summed E-state index contributed by atoms with van der Waals surface area (Å²) in [6.45, 7) is 1.93. The van der Waals surface area contributed by atoms with Crippen molar-refractivity contribution in [3.63, 3.8) is 0 Å². The van der Waals surface area contributed by atoms with E-state index in [1.165, 1.54) is 6.26 Å². The topological polar surface area (TPSA) is 80.4 Å². The average molecular weight is 265 g/mol. The predicted molar refractivity (Wildman–Crippen MR) is 66.0 cm³/mol. The molecular formula is C12H11NO4S. The molecule has 0 bridgehead atoms. The molecule has 0 spiro atoms. The minimum absolute atomic E-state index is 0.0806. The standard InChI is InChI=1S/C12H11NO4S/c1-7-3-5-8(6-4-7)10-9(11(14)15)13-12(17-10)18(2)16/h3-6H,1-2H3,(H,14,15). The highest BCUT2D eigenvalue weighted by atomic mass is 32.2. The van der Waals surface area contributed by atoms with Crippen molar-refractivity contribution < 1.29 is 18.5 Å². The number of carboxylic acids is 1. The van der Waals surface area contributed by atoms with Gasteiger partial charge in [0.25, 0.3) is 5.22 Å². The fourth-order valence-corrected chi connectivity index (χ4v) is 1.89. The van der Waals surface area contributed by atoms with E-state index in [-0.39, 0.29) is 16.7 Å². The van der Waals surface area contributed by atoms with E-state index in [1.807, 2.05) is 19.1 Å². The first-order valence-electron chi connectivity index (χ1n) is 5.13. The molecule has 0 saturated heterocycles. The molecule has 2 aromatic rings. The number of aryl methyl sites for hydroxylation is 1. The van der Waals surface area contributed by atoms with Crippen LogP contribution in [0.25, 0.3) is 11.3 Å². The summed E-state index contributed by atoms with van der Waals surface area (Å²) in [7, 11) is -1.45. The average Bonchev–Trinajstić information content (AvgIpc) is 2.75. The normalized spacial score (nSPS) is 12.3. The molecule has 18 heavy (non-hydrogen) atoms. The third-order valence-corrected chi connectivity index (χ3v) is 3.04. The summed E-state index contributed by atoms with van der Waals surface area (Å²) in [6, 6.07) is 7.16. The molecule has 2 rings (SSSR count). The van der Waals surface area contributed by atoms with E-state index >= 15 is 0 Å². The van der Waals surface area contributed by atoms with E-state index in [0.29, 0.717) is 5.56 Å². The molecule has 6 heteroatoms. The molecule has 0 radical (unpaired) electrons. The zero-order chi connectivity index (χ0) is 13.3. The van der Waals surface area contributed by atoms with Gasteiger partial charge in [-0.05, 0) is 6.92 Å². The van der Waals surface area contributed by atoms with Crippen molar-refractivity contribution in [3.05, 3.63) is 35.5 Å². The summed E-state index contributed by atoms with van der Waals surface area (Å²) >= 11 is 0. The molecule has 1 unspecified atom stereocenters. The van der Waals surface area contributed by atoms with Crippen molar-refractivity contribution in [1.29, 1.82) is 0 Å². The van der Waals surface area contributed by atoms with Crippen LogP contribution in [0.4, 0.5) is 0 Å². The molecule has 1 N–H and O–H groups in total. The number of aromatic carboxylic acids is 1. The maximum Gasteiger partial charge on any atom is 0.358 e. The Bertz CT molecular complexity index is 616. The van der Waals surface area contributed by atoms with Gasteiger partial charge < -0.3 is 9.52 Å². The Labute approximate surface area is 106 Å². The van der Waals surface area contributed by atoms with Crippen LogP contribution < -0.4 is 0 Å². The highest BCUT2D eigenvalue weighted by molar-refractivity contribution is 7.84. The minimum Gasteiger partial charge on any atom is -0.476 e. The smallest absolute Gasteiger partial charge is 0.358 e. The van der Waals surface area contributed by atoms with E-state index in [0.717, 1.165) is 5.56 Å². The number of carbonyl (C=O) groups is 1. The second-order valence-electron chi connectivity index (χ2n) is 3.78. The molecule has 0 aliphatic carbocycles. The Morgan fingerprint density at radius 2 is 1.94 bits per heavy atom. The zero-order valence-electron chi connectivity index (χ0n) is 9.84. The molecular weight excluding hydrogens is 254 g/mol. The van der Waals surface area contributed by atoms with Crippen molar-refractivity contribution >= 4 is 16.8 Å². The molecule has 0 saturated carbocycles. The molecule has 1 aromatic carbocycles. The van der Waals surface area contributed by atoms with Crippen molar-refractivity contribution in [2.75, 3.05) is 6.26 Å². The third kappa shape index (κ3) is 2.33. The second-order valence-corrected chi connectivity index (χ2v) is 5.04. The summed E-state index contributed by atoms with van der Waals surface area (Å²) in [6.07, 6.45) is 1.39. The Morgan fingerprint density at radius 1 is 1.33 bits per heavy atom. The molecule has 1 heterocycles. The number of hydrogen-bond acceptors (Lipinski definition) is 4. The number of carboxylic acid groups (broad SMARTS) is 1. The van der Waals surface area contributed by atoms with Crippen LogP contribution in [0.1, 0.15) is 16.1 Å². The van der Waals surface area contributed by atoms with Crippen LogP contribution in [-0.4, -0.2) is 26.5 Å². The molecule has 1 atom stereocenters. The molecule has 5 nitrogen and oxygen atoms in total. The van der Waals surface area contributed by atoms with Crippen LogP contribution >= 0.6 is 0 Å². The first-order valence-corrected chi connectivity index (χ1v) is 6.69. The minimum atomic E-state index is -1.45. The number of benzene rings is 1. The number of rotatable bonds is 3.